The minimum atomic E-state index is -0.548. The molecule has 0 N–H and O–H groups in total. The van der Waals surface area contributed by atoms with Crippen molar-refractivity contribution in [1.82, 2.24) is 9.80 Å². The average Bonchev–Trinajstić information content (AvgIpc) is 3.36. The monoisotopic (exact) mass is 519 g/mol. The van der Waals surface area contributed by atoms with E-state index in [1.165, 1.54) is 6.07 Å². The number of piperazine rings is 1. The highest BCUT2D eigenvalue weighted by atomic mass is 32.2. The van der Waals surface area contributed by atoms with Gasteiger partial charge in [0.1, 0.15) is 17.6 Å². The van der Waals surface area contributed by atoms with Gasteiger partial charge in [-0.1, -0.05) is 42.5 Å². The van der Waals surface area contributed by atoms with Gasteiger partial charge in [0.25, 0.3) is 5.91 Å². The molecule has 3 aromatic rings. The van der Waals surface area contributed by atoms with Gasteiger partial charge in [-0.05, 0) is 42.0 Å². The summed E-state index contributed by atoms with van der Waals surface area (Å²) in [6, 6.07) is 23.2. The number of methoxy groups -OCH3 is 1. The Labute approximate surface area is 221 Å². The number of hydrogen-bond acceptors (Lipinski definition) is 5. The lowest BCUT2D eigenvalue weighted by molar-refractivity contribution is -0.135. The van der Waals surface area contributed by atoms with Crippen molar-refractivity contribution >= 4 is 29.3 Å². The summed E-state index contributed by atoms with van der Waals surface area (Å²) in [5.74, 6) is 0.768. The molecule has 0 radical (unpaired) electrons. The first kappa shape index (κ1) is 25.1. The van der Waals surface area contributed by atoms with E-state index in [-0.39, 0.29) is 23.0 Å². The van der Waals surface area contributed by atoms with Crippen molar-refractivity contribution in [2.24, 2.45) is 0 Å². The molecule has 6 nitrogen and oxygen atoms in total. The van der Waals surface area contributed by atoms with E-state index in [1.54, 1.807) is 60.2 Å². The molecule has 5 rings (SSSR count). The number of nitrogens with zero attached hydrogens (tertiary/aromatic N) is 3. The number of rotatable bonds is 6. The van der Waals surface area contributed by atoms with Crippen LogP contribution in [0.15, 0.2) is 78.9 Å². The van der Waals surface area contributed by atoms with Gasteiger partial charge in [0.15, 0.2) is 0 Å². The van der Waals surface area contributed by atoms with Crippen LogP contribution in [0.5, 0.6) is 5.75 Å². The van der Waals surface area contributed by atoms with Gasteiger partial charge in [-0.2, -0.15) is 0 Å². The largest absolute Gasteiger partial charge is 0.497 e. The zero-order chi connectivity index (χ0) is 25.8. The minimum absolute atomic E-state index is 0.0434. The highest BCUT2D eigenvalue weighted by Crippen LogP contribution is 2.34. The maximum absolute atomic E-state index is 14.3. The van der Waals surface area contributed by atoms with Crippen molar-refractivity contribution in [3.63, 3.8) is 0 Å². The summed E-state index contributed by atoms with van der Waals surface area (Å²) in [4.78, 5) is 33.1. The van der Waals surface area contributed by atoms with Crippen LogP contribution in [0, 0.1) is 5.82 Å². The van der Waals surface area contributed by atoms with Crippen molar-refractivity contribution in [2.75, 3.05) is 43.9 Å². The minimum Gasteiger partial charge on any atom is -0.497 e. The molecule has 2 unspecified atom stereocenters. The zero-order valence-electron chi connectivity index (χ0n) is 20.8. The van der Waals surface area contributed by atoms with Gasteiger partial charge < -0.3 is 19.4 Å². The van der Waals surface area contributed by atoms with Crippen LogP contribution in [-0.4, -0.2) is 72.1 Å². The molecule has 2 aliphatic rings. The Morgan fingerprint density at radius 3 is 2.27 bits per heavy atom. The van der Waals surface area contributed by atoms with Gasteiger partial charge >= 0.3 is 0 Å². The number of halogens is 1. The Bertz CT molecular complexity index is 1230. The second-order valence-electron chi connectivity index (χ2n) is 9.20. The van der Waals surface area contributed by atoms with Gasteiger partial charge in [0.05, 0.1) is 18.2 Å². The van der Waals surface area contributed by atoms with Crippen molar-refractivity contribution in [1.29, 1.82) is 0 Å². The molecule has 0 bridgehead atoms. The first-order valence-electron chi connectivity index (χ1n) is 12.5. The molecule has 2 saturated heterocycles. The van der Waals surface area contributed by atoms with E-state index in [0.717, 1.165) is 5.56 Å². The predicted octanol–water partition coefficient (Wildman–Crippen LogP) is 4.31. The number of amides is 2. The average molecular weight is 520 g/mol. The quantitative estimate of drug-likeness (QED) is 0.486. The number of benzene rings is 3. The third-order valence-electron chi connectivity index (χ3n) is 6.99. The lowest BCUT2D eigenvalue weighted by atomic mass is 10.1. The summed E-state index contributed by atoms with van der Waals surface area (Å²) < 4.78 is 19.5. The Balaban J connectivity index is 1.34. The summed E-state index contributed by atoms with van der Waals surface area (Å²) in [6.45, 7) is 2.07. The second kappa shape index (κ2) is 11.3. The van der Waals surface area contributed by atoms with E-state index >= 15 is 0 Å². The number of carbonyl (C=O) groups excluding carboxylic acids is 2. The summed E-state index contributed by atoms with van der Waals surface area (Å²) >= 11 is 1.65. The topological polar surface area (TPSA) is 53.1 Å². The molecule has 192 valence electrons. The fraction of sp³-hybridized carbons (Fsp3) is 0.310. The second-order valence-corrected chi connectivity index (χ2v) is 10.4. The SMILES string of the molecule is COc1ccc(C(=O)N2C(Cc3ccccc3)SCC2C(=O)N2CCN(c3ccccc3F)CC2)cc1. The summed E-state index contributed by atoms with van der Waals surface area (Å²) in [5.41, 5.74) is 2.22. The lowest BCUT2D eigenvalue weighted by Crippen LogP contribution is -2.56. The molecule has 8 heteroatoms. The molecule has 2 aliphatic heterocycles. The highest BCUT2D eigenvalue weighted by molar-refractivity contribution is 8.00. The van der Waals surface area contributed by atoms with Crippen LogP contribution in [0.1, 0.15) is 15.9 Å². The van der Waals surface area contributed by atoms with Gasteiger partial charge in [-0.3, -0.25) is 9.59 Å². The third kappa shape index (κ3) is 5.44. The molecule has 3 aromatic carbocycles. The maximum atomic E-state index is 14.3. The van der Waals surface area contributed by atoms with Crippen molar-refractivity contribution in [2.45, 2.75) is 17.8 Å². The van der Waals surface area contributed by atoms with Crippen LogP contribution in [-0.2, 0) is 11.2 Å². The highest BCUT2D eigenvalue weighted by Gasteiger charge is 2.43. The van der Waals surface area contributed by atoms with Crippen molar-refractivity contribution in [3.8, 4) is 5.75 Å². The number of ether oxygens (including phenoxy) is 1. The maximum Gasteiger partial charge on any atom is 0.255 e. The van der Waals surface area contributed by atoms with E-state index in [0.29, 0.717) is 55.4 Å². The Morgan fingerprint density at radius 1 is 0.919 bits per heavy atom. The fourth-order valence-electron chi connectivity index (χ4n) is 4.97. The number of anilines is 1. The van der Waals surface area contributed by atoms with E-state index in [9.17, 15) is 14.0 Å². The van der Waals surface area contributed by atoms with Crippen LogP contribution < -0.4 is 9.64 Å². The van der Waals surface area contributed by atoms with Gasteiger partial charge in [0, 0.05) is 43.9 Å². The third-order valence-corrected chi connectivity index (χ3v) is 8.27. The molecule has 37 heavy (non-hydrogen) atoms. The van der Waals surface area contributed by atoms with E-state index in [4.69, 9.17) is 4.74 Å². The first-order valence-corrected chi connectivity index (χ1v) is 13.5. The molecule has 0 aromatic heterocycles. The van der Waals surface area contributed by atoms with Gasteiger partial charge in [-0.15, -0.1) is 11.8 Å². The molecule has 2 atom stereocenters. The Hall–Kier alpha value is -3.52. The van der Waals surface area contributed by atoms with Crippen LogP contribution in [0.2, 0.25) is 0 Å². The molecule has 0 saturated carbocycles. The van der Waals surface area contributed by atoms with Gasteiger partial charge in [0.2, 0.25) is 5.91 Å². The summed E-state index contributed by atoms with van der Waals surface area (Å²) in [5, 5.41) is -0.148. The molecule has 2 heterocycles. The molecular weight excluding hydrogens is 489 g/mol. The van der Waals surface area contributed by atoms with Crippen molar-refractivity contribution < 1.29 is 18.7 Å². The fourth-order valence-corrected chi connectivity index (χ4v) is 6.39. The Morgan fingerprint density at radius 2 is 1.59 bits per heavy atom. The van der Waals surface area contributed by atoms with Crippen molar-refractivity contribution in [3.05, 3.63) is 95.8 Å². The molecule has 2 amide bonds. The number of carbonyl (C=O) groups is 2. The zero-order valence-corrected chi connectivity index (χ0v) is 21.6. The standard InChI is InChI=1S/C29H30FN3O3S/c1-36-23-13-11-22(12-14-23)28(34)33-26(20-37-27(33)19-21-7-3-2-4-8-21)29(35)32-17-15-31(16-18-32)25-10-6-5-9-24(25)30/h2-14,26-27H,15-20H2,1H3. The summed E-state index contributed by atoms with van der Waals surface area (Å²) in [6.07, 6.45) is 0.665. The summed E-state index contributed by atoms with van der Waals surface area (Å²) in [7, 11) is 1.59. The van der Waals surface area contributed by atoms with E-state index in [1.807, 2.05) is 46.2 Å². The number of thioether (sulfide) groups is 1. The molecule has 0 aliphatic carbocycles. The predicted molar refractivity (Wildman–Crippen MR) is 145 cm³/mol. The van der Waals surface area contributed by atoms with Gasteiger partial charge in [-0.25, -0.2) is 4.39 Å². The molecular formula is C29H30FN3O3S. The van der Waals surface area contributed by atoms with E-state index in [2.05, 4.69) is 0 Å². The van der Waals surface area contributed by atoms with Crippen LogP contribution >= 0.6 is 11.8 Å². The van der Waals surface area contributed by atoms with Crippen LogP contribution in [0.25, 0.3) is 0 Å². The lowest BCUT2D eigenvalue weighted by Gasteiger charge is -2.39. The van der Waals surface area contributed by atoms with Crippen LogP contribution in [0.3, 0.4) is 0 Å². The molecule has 2 fully saturated rings. The van der Waals surface area contributed by atoms with E-state index < -0.39 is 6.04 Å². The molecule has 0 spiro atoms. The van der Waals surface area contributed by atoms with Crippen LogP contribution in [0.4, 0.5) is 10.1 Å². The number of para-hydroxylation sites is 1. The Kier molecular flexibility index (Phi) is 7.65. The smallest absolute Gasteiger partial charge is 0.255 e. The normalized spacial score (nSPS) is 19.7. The first-order chi connectivity index (χ1) is 18.0. The number of hydrogen-bond donors (Lipinski definition) is 0.